The molecule has 1 aliphatic heterocycles. The first kappa shape index (κ1) is 21.4. The Labute approximate surface area is 194 Å². The van der Waals surface area contributed by atoms with Crippen LogP contribution >= 0.6 is 0 Å². The van der Waals surface area contributed by atoms with Crippen LogP contribution in [0.4, 0.5) is 0 Å². The molecule has 6 bridgehead atoms. The fraction of sp³-hybridized carbons (Fsp3) is 0.769. The minimum absolute atomic E-state index is 0.0228. The lowest BCUT2D eigenvalue weighted by Crippen LogP contribution is -2.72. The highest BCUT2D eigenvalue weighted by Crippen LogP contribution is 2.82. The number of Topliss-reactive ketones (excluding diaryl/α,β-unsaturated/α-hetero) is 1. The summed E-state index contributed by atoms with van der Waals surface area (Å²) in [5.41, 5.74) is -0.653. The second kappa shape index (κ2) is 6.28. The molecule has 1 saturated heterocycles. The molecule has 0 N–H and O–H groups in total. The SMILES string of the molecule is C=C1[C@H]2C[C@@H]3C4N(C(C)=O)C[C@]5(C)CCC[C@@]46[C@@H]5C(=O)C[C@]3([C@@H]1OC(C)=O)[C@H]6[C@H]2OC(C)=O. The third-order valence-electron chi connectivity index (χ3n) is 10.6. The molecule has 7 heteroatoms. The zero-order chi connectivity index (χ0) is 23.7. The van der Waals surface area contributed by atoms with Crippen molar-refractivity contribution < 1.29 is 28.7 Å². The molecule has 6 aliphatic carbocycles. The Morgan fingerprint density at radius 3 is 2.39 bits per heavy atom. The van der Waals surface area contributed by atoms with E-state index in [1.807, 2.05) is 4.90 Å². The predicted molar refractivity (Wildman–Crippen MR) is 116 cm³/mol. The van der Waals surface area contributed by atoms with E-state index in [1.54, 1.807) is 6.92 Å². The van der Waals surface area contributed by atoms with E-state index in [4.69, 9.17) is 9.47 Å². The topological polar surface area (TPSA) is 90.0 Å². The standard InChI is InChI=1S/C26H33NO6/c1-12-16-9-17-22-25-8-6-7-24(5,11-27(22)13(2)28)20(25)18(31)10-26(17,23(12)33-15(4)30)21(25)19(16)32-14(3)29/h16-17,19-23H,1,6-11H2,2-5H3/t16-,17-,19+,20-,21+,22?,23-,24+,25+,26-/m1/s1. The Bertz CT molecular complexity index is 1020. The highest BCUT2D eigenvalue weighted by atomic mass is 16.6. The highest BCUT2D eigenvalue weighted by Gasteiger charge is 2.87. The molecule has 7 nitrogen and oxygen atoms in total. The number of ether oxygens (including phenoxy) is 2. The summed E-state index contributed by atoms with van der Waals surface area (Å²) in [6, 6.07) is -0.0981. The van der Waals surface area contributed by atoms with Crippen LogP contribution in [-0.2, 0) is 28.7 Å². The van der Waals surface area contributed by atoms with Gasteiger partial charge in [-0.05, 0) is 36.2 Å². The Morgan fingerprint density at radius 1 is 1.06 bits per heavy atom. The van der Waals surface area contributed by atoms with Crippen molar-refractivity contribution in [2.24, 2.45) is 39.9 Å². The van der Waals surface area contributed by atoms with Crippen LogP contribution in [0.25, 0.3) is 0 Å². The Kier molecular flexibility index (Phi) is 4.06. The van der Waals surface area contributed by atoms with Crippen LogP contribution in [0.3, 0.4) is 0 Å². The number of carbonyl (C=O) groups excluding carboxylic acids is 4. The third-order valence-corrected chi connectivity index (χ3v) is 10.6. The van der Waals surface area contributed by atoms with Gasteiger partial charge in [0.1, 0.15) is 18.0 Å². The van der Waals surface area contributed by atoms with Gasteiger partial charge in [-0.2, -0.15) is 0 Å². The average Bonchev–Trinajstić information content (AvgIpc) is 2.79. The number of amides is 1. The minimum Gasteiger partial charge on any atom is -0.462 e. The van der Waals surface area contributed by atoms with E-state index in [0.717, 1.165) is 24.8 Å². The molecular weight excluding hydrogens is 422 g/mol. The van der Waals surface area contributed by atoms with Gasteiger partial charge in [0.05, 0.1) is 0 Å². The molecule has 6 saturated carbocycles. The van der Waals surface area contributed by atoms with Crippen molar-refractivity contribution in [1.82, 2.24) is 4.90 Å². The van der Waals surface area contributed by atoms with Gasteiger partial charge in [-0.15, -0.1) is 0 Å². The van der Waals surface area contributed by atoms with Gasteiger partial charge in [-0.1, -0.05) is 19.9 Å². The van der Waals surface area contributed by atoms with E-state index in [1.165, 1.54) is 13.8 Å². The second-order valence-corrected chi connectivity index (χ2v) is 12.0. The first-order chi connectivity index (χ1) is 15.5. The molecule has 7 fully saturated rings. The maximum atomic E-state index is 14.1. The number of rotatable bonds is 2. The summed E-state index contributed by atoms with van der Waals surface area (Å²) in [5.74, 6) is -0.853. The van der Waals surface area contributed by atoms with Gasteiger partial charge in [-0.3, -0.25) is 19.2 Å². The summed E-state index contributed by atoms with van der Waals surface area (Å²) in [7, 11) is 0. The number of carbonyl (C=O) groups is 4. The van der Waals surface area contributed by atoms with Crippen molar-refractivity contribution in [2.45, 2.75) is 78.0 Å². The summed E-state index contributed by atoms with van der Waals surface area (Å²) in [5, 5.41) is 0. The largest absolute Gasteiger partial charge is 0.462 e. The van der Waals surface area contributed by atoms with Gasteiger partial charge in [0.25, 0.3) is 0 Å². The number of ketones is 1. The van der Waals surface area contributed by atoms with Crippen molar-refractivity contribution in [3.8, 4) is 0 Å². The molecule has 0 aromatic carbocycles. The molecule has 1 heterocycles. The maximum absolute atomic E-state index is 14.1. The van der Waals surface area contributed by atoms with Gasteiger partial charge < -0.3 is 14.4 Å². The fourth-order valence-corrected chi connectivity index (χ4v) is 10.4. The summed E-state index contributed by atoms with van der Waals surface area (Å²) in [6.07, 6.45) is 2.76. The summed E-state index contributed by atoms with van der Waals surface area (Å²) >= 11 is 0. The van der Waals surface area contributed by atoms with Gasteiger partial charge in [0.2, 0.25) is 5.91 Å². The molecule has 0 aromatic rings. The summed E-state index contributed by atoms with van der Waals surface area (Å²) in [4.78, 5) is 53.7. The first-order valence-electron chi connectivity index (χ1n) is 12.3. The summed E-state index contributed by atoms with van der Waals surface area (Å²) < 4.78 is 12.0. The molecule has 33 heavy (non-hydrogen) atoms. The van der Waals surface area contributed by atoms with E-state index < -0.39 is 29.0 Å². The van der Waals surface area contributed by atoms with E-state index in [2.05, 4.69) is 13.5 Å². The number of hydrogen-bond acceptors (Lipinski definition) is 6. The number of esters is 2. The monoisotopic (exact) mass is 455 g/mol. The number of likely N-dealkylation sites (tertiary alicyclic amines) is 1. The lowest BCUT2D eigenvalue weighted by atomic mass is 9.38. The molecular formula is C26H33NO6. The zero-order valence-corrected chi connectivity index (χ0v) is 19.9. The normalized spacial score (nSPS) is 50.8. The van der Waals surface area contributed by atoms with Crippen LogP contribution < -0.4 is 0 Å². The number of nitrogens with zero attached hydrogens (tertiary/aromatic N) is 1. The number of fused-ring (bicyclic) bond motifs is 1. The number of piperidine rings is 1. The maximum Gasteiger partial charge on any atom is 0.303 e. The van der Waals surface area contributed by atoms with Crippen molar-refractivity contribution in [3.05, 3.63) is 12.2 Å². The quantitative estimate of drug-likeness (QED) is 0.470. The van der Waals surface area contributed by atoms with E-state index in [0.29, 0.717) is 19.4 Å². The molecule has 0 aromatic heterocycles. The molecule has 1 unspecified atom stereocenters. The van der Waals surface area contributed by atoms with Crippen molar-refractivity contribution in [1.29, 1.82) is 0 Å². The molecule has 2 spiro atoms. The van der Waals surface area contributed by atoms with Gasteiger partial charge in [0.15, 0.2) is 0 Å². The van der Waals surface area contributed by atoms with Crippen LogP contribution in [-0.4, -0.2) is 53.3 Å². The first-order valence-corrected chi connectivity index (χ1v) is 12.3. The van der Waals surface area contributed by atoms with Crippen LogP contribution in [0.2, 0.25) is 0 Å². The third kappa shape index (κ3) is 2.23. The number of hydrogen-bond donors (Lipinski definition) is 0. The second-order valence-electron chi connectivity index (χ2n) is 12.0. The lowest BCUT2D eigenvalue weighted by Gasteiger charge is -2.68. The average molecular weight is 456 g/mol. The predicted octanol–water partition coefficient (Wildman–Crippen LogP) is 2.67. The van der Waals surface area contributed by atoms with Gasteiger partial charge >= 0.3 is 11.9 Å². The Hall–Kier alpha value is -2.18. The Balaban J connectivity index is 1.65. The molecule has 7 aliphatic rings. The minimum atomic E-state index is -0.674. The van der Waals surface area contributed by atoms with E-state index >= 15 is 0 Å². The fourth-order valence-electron chi connectivity index (χ4n) is 10.4. The summed E-state index contributed by atoms with van der Waals surface area (Å²) in [6.45, 7) is 11.5. The van der Waals surface area contributed by atoms with E-state index in [-0.39, 0.29) is 52.8 Å². The molecule has 178 valence electrons. The smallest absolute Gasteiger partial charge is 0.303 e. The molecule has 0 radical (unpaired) electrons. The Morgan fingerprint density at radius 2 is 1.76 bits per heavy atom. The van der Waals surface area contributed by atoms with Gasteiger partial charge in [-0.25, -0.2) is 0 Å². The van der Waals surface area contributed by atoms with Gasteiger partial charge in [0, 0.05) is 68.4 Å². The lowest BCUT2D eigenvalue weighted by molar-refractivity contribution is -0.234. The van der Waals surface area contributed by atoms with Crippen molar-refractivity contribution in [2.75, 3.05) is 6.54 Å². The van der Waals surface area contributed by atoms with Crippen LogP contribution in [0.1, 0.15) is 59.8 Å². The van der Waals surface area contributed by atoms with Crippen LogP contribution in [0, 0.1) is 39.9 Å². The van der Waals surface area contributed by atoms with Crippen molar-refractivity contribution in [3.63, 3.8) is 0 Å². The molecule has 7 rings (SSSR count). The van der Waals surface area contributed by atoms with Crippen molar-refractivity contribution >= 4 is 23.6 Å². The zero-order valence-electron chi connectivity index (χ0n) is 19.9. The van der Waals surface area contributed by atoms with Crippen LogP contribution in [0.15, 0.2) is 12.2 Å². The van der Waals surface area contributed by atoms with Crippen LogP contribution in [0.5, 0.6) is 0 Å². The molecule has 10 atom stereocenters. The molecule has 1 amide bonds. The van der Waals surface area contributed by atoms with E-state index in [9.17, 15) is 19.2 Å². The highest BCUT2D eigenvalue weighted by molar-refractivity contribution is 5.88.